The van der Waals surface area contributed by atoms with Crippen molar-refractivity contribution in [2.24, 2.45) is 7.05 Å². The van der Waals surface area contributed by atoms with E-state index in [1.165, 1.54) is 0 Å². The predicted molar refractivity (Wildman–Crippen MR) is 120 cm³/mol. The number of methoxy groups -OCH3 is 1. The number of anilines is 2. The minimum absolute atomic E-state index is 0.0621. The van der Waals surface area contributed by atoms with Crippen LogP contribution in [-0.4, -0.2) is 50.1 Å². The van der Waals surface area contributed by atoms with E-state index in [-0.39, 0.29) is 18.1 Å². The van der Waals surface area contributed by atoms with Crippen LogP contribution in [-0.2, 0) is 16.6 Å². The Hall–Kier alpha value is -3.46. The van der Waals surface area contributed by atoms with Crippen molar-refractivity contribution in [3.05, 3.63) is 47.4 Å². The molecule has 9 nitrogen and oxygen atoms in total. The van der Waals surface area contributed by atoms with Crippen molar-refractivity contribution in [3.63, 3.8) is 0 Å². The zero-order valence-electron chi connectivity index (χ0n) is 18.4. The van der Waals surface area contributed by atoms with Crippen LogP contribution in [0.5, 0.6) is 0 Å². The molecule has 1 aliphatic rings. The second-order valence-electron chi connectivity index (χ2n) is 7.95. The number of benzene rings is 1. The number of aryl methyl sites for hydroxylation is 2. The van der Waals surface area contributed by atoms with E-state index in [1.54, 1.807) is 17.9 Å². The number of nitrogens with one attached hydrogen (secondary N) is 3. The number of nitrogens with zero attached hydrogens (tertiary/aromatic N) is 4. The molecule has 1 aromatic carbocycles. The minimum Gasteiger partial charge on any atom is -0.376 e. The minimum atomic E-state index is -0.343. The summed E-state index contributed by atoms with van der Waals surface area (Å²) in [6.07, 6.45) is 5.69. The lowest BCUT2D eigenvalue weighted by Gasteiger charge is -2.23. The number of carbonyl (C=O) groups is 1. The number of carbonyl (C=O) groups excluding carboxylic acids is 1. The number of ether oxygens (including phenoxy) is 1. The van der Waals surface area contributed by atoms with Gasteiger partial charge in [0.25, 0.3) is 0 Å². The highest BCUT2D eigenvalue weighted by Gasteiger charge is 2.27. The number of amides is 1. The first-order valence-electron chi connectivity index (χ1n) is 10.2. The summed E-state index contributed by atoms with van der Waals surface area (Å²) in [5.74, 6) is 1.12. The van der Waals surface area contributed by atoms with Gasteiger partial charge in [0, 0.05) is 48.8 Å². The molecule has 0 aliphatic heterocycles. The van der Waals surface area contributed by atoms with Crippen LogP contribution in [0.25, 0.3) is 16.5 Å². The predicted octanol–water partition coefficient (Wildman–Crippen LogP) is 3.00. The van der Waals surface area contributed by atoms with Crippen molar-refractivity contribution in [2.75, 3.05) is 12.4 Å². The highest BCUT2D eigenvalue weighted by Crippen LogP contribution is 2.30. The van der Waals surface area contributed by atoms with Crippen LogP contribution >= 0.6 is 0 Å². The van der Waals surface area contributed by atoms with Gasteiger partial charge in [-0.2, -0.15) is 10.1 Å². The quantitative estimate of drug-likeness (QED) is 0.564. The van der Waals surface area contributed by atoms with E-state index in [0.29, 0.717) is 23.8 Å². The molecule has 1 atom stereocenters. The summed E-state index contributed by atoms with van der Waals surface area (Å²) in [5, 5.41) is 19.0. The maximum atomic E-state index is 12.4. The van der Waals surface area contributed by atoms with Crippen LogP contribution in [0.2, 0.25) is 0 Å². The van der Waals surface area contributed by atoms with E-state index < -0.39 is 0 Å². The molecule has 1 unspecified atom stereocenters. The van der Waals surface area contributed by atoms with E-state index in [1.807, 2.05) is 52.2 Å². The lowest BCUT2D eigenvalue weighted by atomic mass is 9.94. The van der Waals surface area contributed by atoms with Crippen molar-refractivity contribution in [1.82, 2.24) is 30.3 Å². The molecule has 0 spiro atoms. The van der Waals surface area contributed by atoms with Gasteiger partial charge in [-0.3, -0.25) is 9.89 Å². The van der Waals surface area contributed by atoms with Gasteiger partial charge in [0.1, 0.15) is 0 Å². The number of allylic oxidation sites excluding steroid dienone is 2. The molecule has 2 heterocycles. The molecular weight excluding hydrogens is 394 g/mol. The zero-order chi connectivity index (χ0) is 22.1. The number of rotatable bonds is 6. The summed E-state index contributed by atoms with van der Waals surface area (Å²) in [6, 6.07) is 4.04. The third kappa shape index (κ3) is 4.09. The summed E-state index contributed by atoms with van der Waals surface area (Å²) in [7, 11) is 3.46. The molecule has 0 bridgehead atoms. The second kappa shape index (κ2) is 8.35. The zero-order valence-corrected chi connectivity index (χ0v) is 18.4. The summed E-state index contributed by atoms with van der Waals surface area (Å²) in [6.45, 7) is 5.91. The fourth-order valence-electron chi connectivity index (χ4n) is 3.66. The molecule has 4 rings (SSSR count). The molecule has 1 amide bonds. The van der Waals surface area contributed by atoms with Crippen molar-refractivity contribution in [1.29, 1.82) is 0 Å². The van der Waals surface area contributed by atoms with Gasteiger partial charge in [0.15, 0.2) is 5.82 Å². The molecule has 9 heteroatoms. The van der Waals surface area contributed by atoms with Gasteiger partial charge in [-0.25, -0.2) is 4.68 Å². The first-order valence-corrected chi connectivity index (χ1v) is 10.2. The number of hydrogen-bond donors (Lipinski definition) is 3. The van der Waals surface area contributed by atoms with Gasteiger partial charge < -0.3 is 15.4 Å². The number of aromatic nitrogens is 5. The van der Waals surface area contributed by atoms with E-state index in [2.05, 4.69) is 30.9 Å². The van der Waals surface area contributed by atoms with Crippen LogP contribution in [0.1, 0.15) is 31.7 Å². The van der Waals surface area contributed by atoms with Crippen molar-refractivity contribution in [3.8, 4) is 0 Å². The molecule has 162 valence electrons. The van der Waals surface area contributed by atoms with Crippen LogP contribution in [0.4, 0.5) is 11.6 Å². The number of H-pyrrole nitrogens is 1. The van der Waals surface area contributed by atoms with Gasteiger partial charge in [-0.05, 0) is 38.5 Å². The molecule has 0 radical (unpaired) electrons. The first kappa shape index (κ1) is 20.8. The molecule has 1 aliphatic carbocycles. The van der Waals surface area contributed by atoms with Crippen LogP contribution < -0.4 is 10.6 Å². The molecular formula is C22H27N7O2. The van der Waals surface area contributed by atoms with E-state index in [4.69, 9.17) is 4.74 Å². The van der Waals surface area contributed by atoms with Gasteiger partial charge in [0.2, 0.25) is 11.9 Å². The van der Waals surface area contributed by atoms with E-state index >= 15 is 0 Å². The monoisotopic (exact) mass is 421 g/mol. The van der Waals surface area contributed by atoms with Crippen molar-refractivity contribution < 1.29 is 9.53 Å². The maximum absolute atomic E-state index is 12.4. The van der Waals surface area contributed by atoms with E-state index in [0.717, 1.165) is 27.7 Å². The summed E-state index contributed by atoms with van der Waals surface area (Å²) >= 11 is 0. The van der Waals surface area contributed by atoms with Gasteiger partial charge in [0.05, 0.1) is 17.8 Å². The molecule has 2 aromatic heterocycles. The number of hydrogen-bond acceptors (Lipinski definition) is 6. The molecule has 0 saturated heterocycles. The van der Waals surface area contributed by atoms with Gasteiger partial charge >= 0.3 is 0 Å². The van der Waals surface area contributed by atoms with Crippen LogP contribution in [0.3, 0.4) is 0 Å². The fraction of sp³-hybridized carbons (Fsp3) is 0.364. The lowest BCUT2D eigenvalue weighted by molar-refractivity contribution is -0.119. The highest BCUT2D eigenvalue weighted by molar-refractivity contribution is 5.96. The third-order valence-electron chi connectivity index (χ3n) is 5.37. The Balaban J connectivity index is 1.59. The molecule has 3 N–H and O–H groups in total. The Labute approximate surface area is 180 Å². The Bertz CT molecular complexity index is 1190. The largest absolute Gasteiger partial charge is 0.376 e. The van der Waals surface area contributed by atoms with Gasteiger partial charge in [-0.1, -0.05) is 12.2 Å². The lowest BCUT2D eigenvalue weighted by Crippen LogP contribution is -2.36. The Morgan fingerprint density at radius 1 is 1.32 bits per heavy atom. The molecule has 0 fully saturated rings. The topological polar surface area (TPSA) is 110 Å². The van der Waals surface area contributed by atoms with Crippen LogP contribution in [0, 0.1) is 6.92 Å². The van der Waals surface area contributed by atoms with Crippen molar-refractivity contribution >= 4 is 34.0 Å². The normalized spacial score (nSPS) is 16.4. The summed E-state index contributed by atoms with van der Waals surface area (Å²) in [5.41, 5.74) is 4.53. The van der Waals surface area contributed by atoms with Gasteiger partial charge in [-0.15, -0.1) is 5.10 Å². The molecule has 0 saturated carbocycles. The Morgan fingerprint density at radius 3 is 2.87 bits per heavy atom. The van der Waals surface area contributed by atoms with Crippen molar-refractivity contribution in [2.45, 2.75) is 39.3 Å². The third-order valence-corrected chi connectivity index (χ3v) is 5.37. The number of aromatic amines is 1. The smallest absolute Gasteiger partial charge is 0.250 e. The Morgan fingerprint density at radius 2 is 2.13 bits per heavy atom. The summed E-state index contributed by atoms with van der Waals surface area (Å²) < 4.78 is 7.29. The first-order chi connectivity index (χ1) is 14.9. The number of fused-ring (bicyclic) bond motifs is 1. The standard InChI is InChI=1S/C22H27N7O2/c1-12(2)24-21(30)15-7-6-14(10-19(15)31-5)20-26-22(29(4)28-20)25-17-8-9-18-16(13(17)3)11-23-27-18/h6-9,11-12,19H,10H2,1-5H3,(H,23,27)(H,24,30)(H,25,26,28). The second-order valence-corrected chi connectivity index (χ2v) is 7.95. The highest BCUT2D eigenvalue weighted by atomic mass is 16.5. The summed E-state index contributed by atoms with van der Waals surface area (Å²) in [4.78, 5) is 17.1. The molecule has 31 heavy (non-hydrogen) atoms. The van der Waals surface area contributed by atoms with E-state index in [9.17, 15) is 4.79 Å². The Kier molecular flexibility index (Phi) is 5.60. The average molecular weight is 422 g/mol. The molecule has 3 aromatic rings. The average Bonchev–Trinajstić information content (AvgIpc) is 3.36. The SMILES string of the molecule is COC1CC(c2nc(Nc3ccc4[nH]ncc4c3C)n(C)n2)=CC=C1C(=O)NC(C)C. The maximum Gasteiger partial charge on any atom is 0.250 e. The fourth-order valence-corrected chi connectivity index (χ4v) is 3.66. The van der Waals surface area contributed by atoms with Crippen LogP contribution in [0.15, 0.2) is 36.1 Å².